The van der Waals surface area contributed by atoms with E-state index >= 15 is 0 Å². The van der Waals surface area contributed by atoms with Crippen molar-refractivity contribution in [3.05, 3.63) is 35.6 Å². The minimum absolute atomic E-state index is 0.0249. The average molecular weight is 250 g/mol. The highest BCUT2D eigenvalue weighted by molar-refractivity contribution is 5.94. The molecule has 0 aliphatic heterocycles. The Balaban J connectivity index is 1.99. The largest absolute Gasteiger partial charge is 0.348 e. The van der Waals surface area contributed by atoms with Crippen molar-refractivity contribution in [1.29, 1.82) is 0 Å². The molecule has 1 fully saturated rings. The number of amides is 1. The molecule has 1 aromatic carbocycles. The number of carbonyl (C=O) groups is 1. The lowest BCUT2D eigenvalue weighted by Crippen LogP contribution is -2.46. The second kappa shape index (κ2) is 5.96. The zero-order valence-corrected chi connectivity index (χ0v) is 10.4. The van der Waals surface area contributed by atoms with Gasteiger partial charge in [0.25, 0.3) is 5.91 Å². The van der Waals surface area contributed by atoms with Gasteiger partial charge in [0.2, 0.25) is 0 Å². The van der Waals surface area contributed by atoms with E-state index < -0.39 is 0 Å². The number of hydrogen-bond donors (Lipinski definition) is 2. The molecule has 1 aromatic rings. The third-order valence-corrected chi connectivity index (χ3v) is 3.49. The zero-order valence-electron chi connectivity index (χ0n) is 10.4. The molecule has 2 atom stereocenters. The monoisotopic (exact) mass is 250 g/mol. The minimum atomic E-state index is -0.335. The number of halogens is 1. The van der Waals surface area contributed by atoms with Gasteiger partial charge in [-0.15, -0.1) is 0 Å². The van der Waals surface area contributed by atoms with E-state index in [1.807, 2.05) is 0 Å². The van der Waals surface area contributed by atoms with E-state index in [2.05, 4.69) is 5.32 Å². The van der Waals surface area contributed by atoms with Gasteiger partial charge in [-0.25, -0.2) is 4.39 Å². The maximum atomic E-state index is 12.8. The van der Waals surface area contributed by atoms with Gasteiger partial charge in [-0.1, -0.05) is 19.3 Å². The Morgan fingerprint density at radius 2 is 1.83 bits per heavy atom. The lowest BCUT2D eigenvalue weighted by atomic mass is 10.0. The highest BCUT2D eigenvalue weighted by Crippen LogP contribution is 2.17. The van der Waals surface area contributed by atoms with Crippen molar-refractivity contribution in [2.75, 3.05) is 0 Å². The van der Waals surface area contributed by atoms with Crippen LogP contribution in [0.2, 0.25) is 0 Å². The molecule has 0 saturated heterocycles. The molecule has 4 heteroatoms. The highest BCUT2D eigenvalue weighted by atomic mass is 19.1. The minimum Gasteiger partial charge on any atom is -0.348 e. The summed E-state index contributed by atoms with van der Waals surface area (Å²) in [6.07, 6.45) is 5.28. The van der Waals surface area contributed by atoms with Gasteiger partial charge < -0.3 is 11.1 Å². The van der Waals surface area contributed by atoms with Gasteiger partial charge in [-0.2, -0.15) is 0 Å². The first kappa shape index (κ1) is 13.0. The van der Waals surface area contributed by atoms with E-state index in [0.29, 0.717) is 5.56 Å². The van der Waals surface area contributed by atoms with Gasteiger partial charge in [-0.3, -0.25) is 4.79 Å². The second-order valence-corrected chi connectivity index (χ2v) is 4.89. The van der Waals surface area contributed by atoms with Crippen LogP contribution in [0.15, 0.2) is 24.3 Å². The molecule has 1 aliphatic carbocycles. The average Bonchev–Trinajstić information content (AvgIpc) is 2.56. The molecule has 2 rings (SSSR count). The Kier molecular flexibility index (Phi) is 4.31. The lowest BCUT2D eigenvalue weighted by Gasteiger charge is -2.22. The van der Waals surface area contributed by atoms with Crippen molar-refractivity contribution in [1.82, 2.24) is 5.32 Å². The number of nitrogens with one attached hydrogen (secondary N) is 1. The van der Waals surface area contributed by atoms with E-state index in [-0.39, 0.29) is 23.8 Å². The molecule has 1 saturated carbocycles. The number of hydrogen-bond acceptors (Lipinski definition) is 2. The maximum absolute atomic E-state index is 12.8. The van der Waals surface area contributed by atoms with Crippen LogP contribution in [-0.4, -0.2) is 18.0 Å². The molecular weight excluding hydrogens is 231 g/mol. The molecule has 3 nitrogen and oxygen atoms in total. The molecule has 0 heterocycles. The van der Waals surface area contributed by atoms with Crippen molar-refractivity contribution < 1.29 is 9.18 Å². The Bertz CT molecular complexity index is 405. The van der Waals surface area contributed by atoms with E-state index in [1.165, 1.54) is 30.7 Å². The standard InChI is InChI=1S/C14H19FN2O/c15-11-8-6-10(7-9-11)14(18)17-13-5-3-1-2-4-12(13)16/h6-9,12-13H,1-5,16H2,(H,17,18). The molecule has 0 bridgehead atoms. The number of rotatable bonds is 2. The second-order valence-electron chi connectivity index (χ2n) is 4.89. The van der Waals surface area contributed by atoms with Crippen LogP contribution in [-0.2, 0) is 0 Å². The van der Waals surface area contributed by atoms with E-state index in [1.54, 1.807) is 0 Å². The van der Waals surface area contributed by atoms with Gasteiger partial charge in [0.05, 0.1) is 0 Å². The fourth-order valence-corrected chi connectivity index (χ4v) is 2.37. The van der Waals surface area contributed by atoms with Gasteiger partial charge in [-0.05, 0) is 37.1 Å². The molecule has 1 amide bonds. The molecule has 2 unspecified atom stereocenters. The van der Waals surface area contributed by atoms with Crippen LogP contribution >= 0.6 is 0 Å². The predicted octanol–water partition coefficient (Wildman–Crippen LogP) is 2.22. The Morgan fingerprint density at radius 1 is 1.17 bits per heavy atom. The number of benzene rings is 1. The summed E-state index contributed by atoms with van der Waals surface area (Å²) >= 11 is 0. The summed E-state index contributed by atoms with van der Waals surface area (Å²) in [5.41, 5.74) is 6.53. The molecule has 0 spiro atoms. The van der Waals surface area contributed by atoms with Crippen molar-refractivity contribution >= 4 is 5.91 Å². The number of carbonyl (C=O) groups excluding carboxylic acids is 1. The summed E-state index contributed by atoms with van der Waals surface area (Å²) < 4.78 is 12.8. The molecule has 18 heavy (non-hydrogen) atoms. The van der Waals surface area contributed by atoms with Crippen LogP contribution in [0.25, 0.3) is 0 Å². The summed E-state index contributed by atoms with van der Waals surface area (Å²) in [5, 5.41) is 2.96. The molecule has 0 aromatic heterocycles. The smallest absolute Gasteiger partial charge is 0.251 e. The topological polar surface area (TPSA) is 55.1 Å². The van der Waals surface area contributed by atoms with Crippen molar-refractivity contribution in [2.24, 2.45) is 5.73 Å². The molecule has 3 N–H and O–H groups in total. The first-order valence-electron chi connectivity index (χ1n) is 6.49. The van der Waals surface area contributed by atoms with Crippen LogP contribution < -0.4 is 11.1 Å². The fraction of sp³-hybridized carbons (Fsp3) is 0.500. The molecule has 1 aliphatic rings. The molecule has 98 valence electrons. The third-order valence-electron chi connectivity index (χ3n) is 3.49. The van der Waals surface area contributed by atoms with E-state index in [0.717, 1.165) is 25.7 Å². The summed E-state index contributed by atoms with van der Waals surface area (Å²) in [4.78, 5) is 12.0. The Labute approximate surface area is 107 Å². The van der Waals surface area contributed by atoms with Gasteiger partial charge in [0.15, 0.2) is 0 Å². The summed E-state index contributed by atoms with van der Waals surface area (Å²) in [6.45, 7) is 0. The summed E-state index contributed by atoms with van der Waals surface area (Å²) in [7, 11) is 0. The third kappa shape index (κ3) is 3.29. The highest BCUT2D eigenvalue weighted by Gasteiger charge is 2.22. The molecular formula is C14H19FN2O. The van der Waals surface area contributed by atoms with Crippen LogP contribution in [0, 0.1) is 5.82 Å². The van der Waals surface area contributed by atoms with Crippen molar-refractivity contribution in [3.63, 3.8) is 0 Å². The van der Waals surface area contributed by atoms with Gasteiger partial charge >= 0.3 is 0 Å². The van der Waals surface area contributed by atoms with Crippen LogP contribution in [0.5, 0.6) is 0 Å². The van der Waals surface area contributed by atoms with Crippen LogP contribution in [0.3, 0.4) is 0 Å². The van der Waals surface area contributed by atoms with Crippen molar-refractivity contribution in [2.45, 2.75) is 44.2 Å². The van der Waals surface area contributed by atoms with Crippen molar-refractivity contribution in [3.8, 4) is 0 Å². The lowest BCUT2D eigenvalue weighted by molar-refractivity contribution is 0.0929. The zero-order chi connectivity index (χ0) is 13.0. The first-order chi connectivity index (χ1) is 8.66. The normalized spacial score (nSPS) is 24.3. The number of nitrogens with two attached hydrogens (primary N) is 1. The fourth-order valence-electron chi connectivity index (χ4n) is 2.37. The van der Waals surface area contributed by atoms with Crippen LogP contribution in [0.4, 0.5) is 4.39 Å². The van der Waals surface area contributed by atoms with Gasteiger partial charge in [0, 0.05) is 17.6 Å². The molecule has 0 radical (unpaired) electrons. The SMILES string of the molecule is NC1CCCCCC1NC(=O)c1ccc(F)cc1. The quantitative estimate of drug-likeness (QED) is 0.791. The first-order valence-corrected chi connectivity index (χ1v) is 6.49. The van der Waals surface area contributed by atoms with E-state index in [9.17, 15) is 9.18 Å². The summed E-state index contributed by atoms with van der Waals surface area (Å²) in [6, 6.07) is 5.63. The maximum Gasteiger partial charge on any atom is 0.251 e. The predicted molar refractivity (Wildman–Crippen MR) is 68.7 cm³/mol. The van der Waals surface area contributed by atoms with Crippen LogP contribution in [0.1, 0.15) is 42.5 Å². The van der Waals surface area contributed by atoms with E-state index in [4.69, 9.17) is 5.73 Å². The van der Waals surface area contributed by atoms with Gasteiger partial charge in [0.1, 0.15) is 5.82 Å². The Hall–Kier alpha value is -1.42. The Morgan fingerprint density at radius 3 is 2.56 bits per heavy atom. The summed E-state index contributed by atoms with van der Waals surface area (Å²) in [5.74, 6) is -0.505.